The van der Waals surface area contributed by atoms with Gasteiger partial charge in [-0.3, -0.25) is 39.1 Å². The van der Waals surface area contributed by atoms with Crippen LogP contribution in [-0.2, 0) is 34.4 Å². The first kappa shape index (κ1) is 36.9. The number of hydrogen-bond donors (Lipinski definition) is 4. The summed E-state index contributed by atoms with van der Waals surface area (Å²) in [5.74, 6) is -1.21. The highest BCUT2D eigenvalue weighted by Gasteiger charge is 2.46. The average molecular weight is 783 g/mol. The molecule has 2 aromatic heterocycles. The molecule has 5 aromatic rings. The summed E-state index contributed by atoms with van der Waals surface area (Å²) >= 11 is 0. The van der Waals surface area contributed by atoms with Gasteiger partial charge in [-0.1, -0.05) is 24.3 Å². The predicted octanol–water partition coefficient (Wildman–Crippen LogP) is 3.95. The van der Waals surface area contributed by atoms with Crippen LogP contribution < -0.4 is 26.0 Å². The number of imide groups is 2. The molecule has 16 heteroatoms. The van der Waals surface area contributed by atoms with E-state index in [9.17, 15) is 24.0 Å². The second kappa shape index (κ2) is 14.4. The highest BCUT2D eigenvalue weighted by molar-refractivity contribution is 6.23. The number of carbonyl (C=O) groups is 5. The molecule has 1 saturated carbocycles. The maximum Gasteiger partial charge on any atom is 0.262 e. The first-order valence-corrected chi connectivity index (χ1v) is 19.4. The summed E-state index contributed by atoms with van der Waals surface area (Å²) in [5, 5.41) is 17.7. The zero-order valence-electron chi connectivity index (χ0n) is 32.3. The largest absolute Gasteiger partial charge is 0.484 e. The molecule has 2 fully saturated rings. The molecule has 296 valence electrons. The summed E-state index contributed by atoms with van der Waals surface area (Å²) in [4.78, 5) is 76.0. The van der Waals surface area contributed by atoms with E-state index < -0.39 is 29.7 Å². The molecule has 1 unspecified atom stereocenters. The number of fused-ring (bicyclic) bond motifs is 3. The van der Waals surface area contributed by atoms with E-state index in [4.69, 9.17) is 9.72 Å². The lowest BCUT2D eigenvalue weighted by Gasteiger charge is -2.32. The molecule has 0 bridgehead atoms. The van der Waals surface area contributed by atoms with Gasteiger partial charge in [0.2, 0.25) is 17.8 Å². The Hall–Kier alpha value is -6.68. The van der Waals surface area contributed by atoms with Crippen molar-refractivity contribution in [2.45, 2.75) is 64.1 Å². The van der Waals surface area contributed by atoms with Gasteiger partial charge in [0.05, 0.1) is 22.1 Å². The van der Waals surface area contributed by atoms with E-state index in [1.54, 1.807) is 10.9 Å². The van der Waals surface area contributed by atoms with Crippen LogP contribution in [-0.4, -0.2) is 90.4 Å². The lowest BCUT2D eigenvalue weighted by Crippen LogP contribution is -2.54. The van der Waals surface area contributed by atoms with Crippen molar-refractivity contribution in [2.75, 3.05) is 30.3 Å². The fourth-order valence-corrected chi connectivity index (χ4v) is 8.20. The van der Waals surface area contributed by atoms with Gasteiger partial charge in [0.25, 0.3) is 17.7 Å². The molecule has 5 heterocycles. The number of aromatic nitrogens is 4. The van der Waals surface area contributed by atoms with Gasteiger partial charge in [0, 0.05) is 50.7 Å². The smallest absolute Gasteiger partial charge is 0.262 e. The minimum Gasteiger partial charge on any atom is -0.484 e. The fourth-order valence-electron chi connectivity index (χ4n) is 8.20. The van der Waals surface area contributed by atoms with Gasteiger partial charge < -0.3 is 20.7 Å². The Morgan fingerprint density at radius 3 is 2.52 bits per heavy atom. The monoisotopic (exact) mass is 782 g/mol. The van der Waals surface area contributed by atoms with Gasteiger partial charge in [-0.05, 0) is 92.1 Å². The van der Waals surface area contributed by atoms with Crippen molar-refractivity contribution in [3.8, 4) is 5.75 Å². The maximum absolute atomic E-state index is 13.2. The van der Waals surface area contributed by atoms with Crippen molar-refractivity contribution in [1.29, 1.82) is 0 Å². The van der Waals surface area contributed by atoms with Crippen LogP contribution in [0.1, 0.15) is 68.7 Å². The molecular weight excluding hydrogens is 741 g/mol. The average Bonchev–Trinajstić information content (AvgIpc) is 3.81. The summed E-state index contributed by atoms with van der Waals surface area (Å²) in [7, 11) is 1.87. The van der Waals surface area contributed by atoms with Crippen molar-refractivity contribution < 1.29 is 28.7 Å². The lowest BCUT2D eigenvalue weighted by atomic mass is 9.98. The van der Waals surface area contributed by atoms with Gasteiger partial charge in [0.15, 0.2) is 18.1 Å². The third kappa shape index (κ3) is 6.99. The summed E-state index contributed by atoms with van der Waals surface area (Å²) < 4.78 is 7.52. The van der Waals surface area contributed by atoms with E-state index in [0.29, 0.717) is 24.0 Å². The summed E-state index contributed by atoms with van der Waals surface area (Å²) in [6.45, 7) is 6.15. The Morgan fingerprint density at radius 1 is 0.948 bits per heavy atom. The number of rotatable bonds is 11. The number of carbonyl (C=O) groups excluding carboxylic acids is 5. The van der Waals surface area contributed by atoms with E-state index >= 15 is 0 Å². The van der Waals surface area contributed by atoms with Crippen LogP contribution in [0.5, 0.6) is 5.75 Å². The molecule has 0 spiro atoms. The van der Waals surface area contributed by atoms with E-state index in [1.165, 1.54) is 29.3 Å². The van der Waals surface area contributed by atoms with Crippen LogP contribution in [0, 0.1) is 13.8 Å². The molecule has 3 aromatic carbocycles. The Balaban J connectivity index is 0.799. The molecule has 1 aliphatic carbocycles. The number of amides is 5. The highest BCUT2D eigenvalue weighted by atomic mass is 16.5. The topological polar surface area (TPSA) is 193 Å². The van der Waals surface area contributed by atoms with E-state index in [1.807, 2.05) is 19.2 Å². The fraction of sp³-hybridized carbons (Fsp3) is 0.333. The van der Waals surface area contributed by atoms with Gasteiger partial charge in [-0.15, -0.1) is 0 Å². The first-order valence-electron chi connectivity index (χ1n) is 19.4. The molecular formula is C42H42N10O6. The third-order valence-corrected chi connectivity index (χ3v) is 11.4. The second-order valence-corrected chi connectivity index (χ2v) is 15.6. The quantitative estimate of drug-likeness (QED) is 0.141. The first-order chi connectivity index (χ1) is 27.9. The van der Waals surface area contributed by atoms with Gasteiger partial charge in [-0.25, -0.2) is 9.67 Å². The number of anilines is 4. The number of ether oxygens (including phenoxy) is 1. The van der Waals surface area contributed by atoms with Gasteiger partial charge in [-0.2, -0.15) is 10.1 Å². The normalized spacial score (nSPS) is 18.5. The third-order valence-electron chi connectivity index (χ3n) is 11.4. The molecule has 1 atom stereocenters. The van der Waals surface area contributed by atoms with E-state index in [0.717, 1.165) is 65.1 Å². The standard InChI is InChI=1S/C42H42N10O6/c1-23-5-4-6-24(2)35(23)46-36-31-19-43-41(47-37(31)50(3)49-36)44-27-8-7-25-13-16-51(20-26(25)17-27)22-42(14-15-42)48-34(54)21-58-28-9-10-29-30(18-28)40(57)52(39(29)56)32-11-12-33(53)45-38(32)55/h4-10,17-19,32H,11-16,20-22H2,1-3H3,(H,46,49)(H,48,54)(H,43,44,47)(H,45,53,55). The number of nitrogens with one attached hydrogen (secondary N) is 4. The van der Waals surface area contributed by atoms with Gasteiger partial charge >= 0.3 is 0 Å². The van der Waals surface area contributed by atoms with Crippen LogP contribution in [0.2, 0.25) is 0 Å². The van der Waals surface area contributed by atoms with Crippen molar-refractivity contribution in [3.05, 3.63) is 94.2 Å². The molecule has 16 nitrogen and oxygen atoms in total. The molecule has 5 amide bonds. The van der Waals surface area contributed by atoms with Crippen LogP contribution in [0.4, 0.5) is 23.1 Å². The Bertz CT molecular complexity index is 2540. The van der Waals surface area contributed by atoms with Crippen LogP contribution in [0.15, 0.2) is 60.8 Å². The SMILES string of the molecule is Cc1cccc(C)c1Nc1nn(C)c2nc(Nc3ccc4c(c3)CN(CC3(NC(=O)COc5ccc6c(c5)C(=O)N(C5CCC(=O)NC5=O)C6=O)CC3)CC4)ncc12. The van der Waals surface area contributed by atoms with E-state index in [-0.39, 0.29) is 47.8 Å². The van der Waals surface area contributed by atoms with Gasteiger partial charge in [0.1, 0.15) is 11.8 Å². The van der Waals surface area contributed by atoms with Crippen molar-refractivity contribution in [1.82, 2.24) is 40.2 Å². The molecule has 0 radical (unpaired) electrons. The zero-order chi connectivity index (χ0) is 40.3. The van der Waals surface area contributed by atoms with Crippen LogP contribution in [0.25, 0.3) is 11.0 Å². The Labute approximate surface area is 333 Å². The Kier molecular flexibility index (Phi) is 9.14. The Morgan fingerprint density at radius 2 is 1.74 bits per heavy atom. The highest BCUT2D eigenvalue weighted by Crippen LogP contribution is 2.38. The second-order valence-electron chi connectivity index (χ2n) is 15.6. The van der Waals surface area contributed by atoms with Crippen molar-refractivity contribution in [2.24, 2.45) is 7.05 Å². The van der Waals surface area contributed by atoms with Crippen molar-refractivity contribution in [3.63, 3.8) is 0 Å². The minimum absolute atomic E-state index is 0.0363. The van der Waals surface area contributed by atoms with Crippen LogP contribution in [0.3, 0.4) is 0 Å². The molecule has 9 rings (SSSR count). The molecule has 58 heavy (non-hydrogen) atoms. The molecule has 4 N–H and O–H groups in total. The minimum atomic E-state index is -1.06. The number of hydrogen-bond acceptors (Lipinski definition) is 12. The lowest BCUT2D eigenvalue weighted by molar-refractivity contribution is -0.136. The maximum atomic E-state index is 13.2. The van der Waals surface area contributed by atoms with E-state index in [2.05, 4.69) is 74.4 Å². The molecule has 4 aliphatic rings. The van der Waals surface area contributed by atoms with Crippen LogP contribution >= 0.6 is 0 Å². The molecule has 1 saturated heterocycles. The number of benzene rings is 3. The number of nitrogens with zero attached hydrogens (tertiary/aromatic N) is 6. The zero-order valence-corrected chi connectivity index (χ0v) is 32.3. The number of piperidine rings is 1. The summed E-state index contributed by atoms with van der Waals surface area (Å²) in [6.07, 6.45) is 4.48. The van der Waals surface area contributed by atoms with Crippen molar-refractivity contribution >= 4 is 63.7 Å². The molecule has 3 aliphatic heterocycles. The summed E-state index contributed by atoms with van der Waals surface area (Å²) in [6, 6.07) is 15.8. The summed E-state index contributed by atoms with van der Waals surface area (Å²) in [5.41, 5.74) is 7.22. The number of aryl methyl sites for hydroxylation is 3. The number of para-hydroxylation sites is 1. The predicted molar refractivity (Wildman–Crippen MR) is 213 cm³/mol.